The van der Waals surface area contributed by atoms with E-state index in [9.17, 15) is 9.59 Å². The molecule has 0 fully saturated rings. The number of anilines is 1. The topological polar surface area (TPSA) is 84.7 Å². The van der Waals surface area contributed by atoms with Crippen LogP contribution < -0.4 is 15.5 Å². The number of hydrogen-bond acceptors (Lipinski definition) is 4. The van der Waals surface area contributed by atoms with Crippen molar-refractivity contribution in [2.24, 2.45) is 5.10 Å². The molecule has 0 aliphatic heterocycles. The quantitative estimate of drug-likeness (QED) is 0.356. The maximum atomic E-state index is 12.0. The standard InChI is InChI=1S/C23H23ClN4O3/c1-14-5-7-18(8-6-14)26-22(29)23(30)27-25-13-17-11-15(2)28(16(17)3)19-9-10-21(31-4)20(24)12-19/h5-13H,1-4H3,(H,26,29)(H,27,30)/b25-13-. The molecule has 0 spiro atoms. The first-order valence-corrected chi connectivity index (χ1v) is 9.92. The van der Waals surface area contributed by atoms with Crippen LogP contribution in [0.3, 0.4) is 0 Å². The molecular formula is C23H23ClN4O3. The molecule has 0 radical (unpaired) electrons. The fraction of sp³-hybridized carbons (Fsp3) is 0.174. The van der Waals surface area contributed by atoms with Crippen LogP contribution in [0.5, 0.6) is 5.75 Å². The van der Waals surface area contributed by atoms with Gasteiger partial charge in [-0.25, -0.2) is 5.43 Å². The molecule has 0 atom stereocenters. The van der Waals surface area contributed by atoms with Crippen molar-refractivity contribution in [1.82, 2.24) is 9.99 Å². The van der Waals surface area contributed by atoms with Gasteiger partial charge in [0.2, 0.25) is 0 Å². The molecule has 2 N–H and O–H groups in total. The van der Waals surface area contributed by atoms with Gasteiger partial charge in [0.1, 0.15) is 5.75 Å². The normalized spacial score (nSPS) is 10.9. The molecule has 3 rings (SSSR count). The molecule has 0 saturated heterocycles. The summed E-state index contributed by atoms with van der Waals surface area (Å²) in [5, 5.41) is 6.96. The van der Waals surface area contributed by atoms with Gasteiger partial charge in [-0.3, -0.25) is 9.59 Å². The number of carbonyl (C=O) groups excluding carboxylic acids is 2. The maximum Gasteiger partial charge on any atom is 0.329 e. The third-order valence-corrected chi connectivity index (χ3v) is 5.04. The smallest absolute Gasteiger partial charge is 0.329 e. The molecule has 8 heteroatoms. The third-order valence-electron chi connectivity index (χ3n) is 4.75. The number of ether oxygens (including phenoxy) is 1. The molecule has 0 saturated carbocycles. The Morgan fingerprint density at radius 2 is 1.74 bits per heavy atom. The summed E-state index contributed by atoms with van der Waals surface area (Å²) in [4.78, 5) is 24.0. The summed E-state index contributed by atoms with van der Waals surface area (Å²) in [6.07, 6.45) is 1.50. The van der Waals surface area contributed by atoms with E-state index in [2.05, 4.69) is 15.8 Å². The van der Waals surface area contributed by atoms with Crippen LogP contribution in [0.25, 0.3) is 5.69 Å². The zero-order chi connectivity index (χ0) is 22.5. The Balaban J connectivity index is 1.69. The van der Waals surface area contributed by atoms with Gasteiger partial charge in [-0.15, -0.1) is 0 Å². The fourth-order valence-corrected chi connectivity index (χ4v) is 3.40. The maximum absolute atomic E-state index is 12.0. The number of nitrogens with one attached hydrogen (secondary N) is 2. The lowest BCUT2D eigenvalue weighted by molar-refractivity contribution is -0.136. The first-order chi connectivity index (χ1) is 14.8. The number of carbonyl (C=O) groups is 2. The Morgan fingerprint density at radius 1 is 1.03 bits per heavy atom. The zero-order valence-electron chi connectivity index (χ0n) is 17.7. The molecular weight excluding hydrogens is 416 g/mol. The van der Waals surface area contributed by atoms with Crippen LogP contribution >= 0.6 is 11.6 Å². The van der Waals surface area contributed by atoms with Crippen molar-refractivity contribution < 1.29 is 14.3 Å². The number of rotatable bonds is 5. The van der Waals surface area contributed by atoms with Gasteiger partial charge < -0.3 is 14.6 Å². The van der Waals surface area contributed by atoms with E-state index in [1.54, 1.807) is 25.3 Å². The highest BCUT2D eigenvalue weighted by Crippen LogP contribution is 2.28. The lowest BCUT2D eigenvalue weighted by Crippen LogP contribution is -2.32. The molecule has 0 unspecified atom stereocenters. The number of nitrogens with zero attached hydrogens (tertiary/aromatic N) is 2. The van der Waals surface area contributed by atoms with Crippen molar-refractivity contribution in [3.05, 3.63) is 76.1 Å². The Labute approximate surface area is 185 Å². The van der Waals surface area contributed by atoms with Gasteiger partial charge in [-0.1, -0.05) is 29.3 Å². The summed E-state index contributed by atoms with van der Waals surface area (Å²) in [6, 6.07) is 14.6. The third kappa shape index (κ3) is 5.13. The molecule has 160 valence electrons. The van der Waals surface area contributed by atoms with Crippen molar-refractivity contribution in [2.45, 2.75) is 20.8 Å². The summed E-state index contributed by atoms with van der Waals surface area (Å²) in [5.74, 6) is -1.05. The molecule has 7 nitrogen and oxygen atoms in total. The van der Waals surface area contributed by atoms with Crippen LogP contribution in [0, 0.1) is 20.8 Å². The van der Waals surface area contributed by atoms with Crippen molar-refractivity contribution >= 4 is 35.3 Å². The SMILES string of the molecule is COc1ccc(-n2c(C)cc(/C=N\NC(=O)C(=O)Nc3ccc(C)cc3)c2C)cc1Cl. The van der Waals surface area contributed by atoms with E-state index in [4.69, 9.17) is 16.3 Å². The predicted molar refractivity (Wildman–Crippen MR) is 122 cm³/mol. The van der Waals surface area contributed by atoms with E-state index < -0.39 is 11.8 Å². The van der Waals surface area contributed by atoms with Crippen LogP contribution in [0.15, 0.2) is 53.6 Å². The highest BCUT2D eigenvalue weighted by Gasteiger charge is 2.14. The van der Waals surface area contributed by atoms with Crippen LogP contribution in [0.4, 0.5) is 5.69 Å². The summed E-state index contributed by atoms with van der Waals surface area (Å²) in [6.45, 7) is 5.82. The highest BCUT2D eigenvalue weighted by atomic mass is 35.5. The second-order valence-electron chi connectivity index (χ2n) is 7.00. The molecule has 31 heavy (non-hydrogen) atoms. The second-order valence-corrected chi connectivity index (χ2v) is 7.41. The number of hydrogen-bond donors (Lipinski definition) is 2. The molecule has 3 aromatic rings. The van der Waals surface area contributed by atoms with E-state index in [1.807, 2.05) is 55.7 Å². The number of halogens is 1. The van der Waals surface area contributed by atoms with Crippen LogP contribution in [-0.2, 0) is 9.59 Å². The minimum absolute atomic E-state index is 0.509. The Kier molecular flexibility index (Phi) is 6.77. The van der Waals surface area contributed by atoms with Gasteiger partial charge in [0.05, 0.1) is 18.3 Å². The Morgan fingerprint density at radius 3 is 2.39 bits per heavy atom. The molecule has 0 bridgehead atoms. The average Bonchev–Trinajstić information content (AvgIpc) is 3.02. The Hall–Kier alpha value is -3.58. The highest BCUT2D eigenvalue weighted by molar-refractivity contribution is 6.39. The predicted octanol–water partition coefficient (Wildman–Crippen LogP) is 4.15. The van der Waals surface area contributed by atoms with Crippen LogP contribution in [-0.4, -0.2) is 29.7 Å². The minimum Gasteiger partial charge on any atom is -0.495 e. The lowest BCUT2D eigenvalue weighted by atomic mass is 10.2. The first-order valence-electron chi connectivity index (χ1n) is 9.54. The summed E-state index contributed by atoms with van der Waals surface area (Å²) in [7, 11) is 1.57. The van der Waals surface area contributed by atoms with E-state index in [-0.39, 0.29) is 0 Å². The molecule has 0 aliphatic rings. The van der Waals surface area contributed by atoms with Gasteiger partial charge in [0.15, 0.2) is 0 Å². The molecule has 2 amide bonds. The molecule has 0 aliphatic carbocycles. The number of hydrazone groups is 1. The van der Waals surface area contributed by atoms with Gasteiger partial charge in [0, 0.05) is 28.3 Å². The van der Waals surface area contributed by atoms with Crippen LogP contribution in [0.2, 0.25) is 5.02 Å². The molecule has 1 heterocycles. The number of aryl methyl sites for hydroxylation is 2. The number of aromatic nitrogens is 1. The number of benzene rings is 2. The summed E-state index contributed by atoms with van der Waals surface area (Å²) < 4.78 is 7.22. The summed E-state index contributed by atoms with van der Waals surface area (Å²) >= 11 is 6.25. The van der Waals surface area contributed by atoms with Gasteiger partial charge in [-0.05, 0) is 57.2 Å². The fourth-order valence-electron chi connectivity index (χ4n) is 3.15. The number of methoxy groups -OCH3 is 1. The van der Waals surface area contributed by atoms with Crippen molar-refractivity contribution in [3.63, 3.8) is 0 Å². The van der Waals surface area contributed by atoms with E-state index in [0.29, 0.717) is 16.5 Å². The zero-order valence-corrected chi connectivity index (χ0v) is 18.4. The van der Waals surface area contributed by atoms with Crippen LogP contribution in [0.1, 0.15) is 22.5 Å². The average molecular weight is 439 g/mol. The second kappa shape index (κ2) is 9.49. The van der Waals surface area contributed by atoms with Crippen molar-refractivity contribution in [2.75, 3.05) is 12.4 Å². The minimum atomic E-state index is -0.854. The molecule has 2 aromatic carbocycles. The number of amides is 2. The van der Waals surface area contributed by atoms with Crippen molar-refractivity contribution in [3.8, 4) is 11.4 Å². The van der Waals surface area contributed by atoms with E-state index >= 15 is 0 Å². The summed E-state index contributed by atoms with van der Waals surface area (Å²) in [5.41, 5.74) is 7.39. The van der Waals surface area contributed by atoms with Crippen molar-refractivity contribution in [1.29, 1.82) is 0 Å². The first kappa shape index (κ1) is 22.1. The lowest BCUT2D eigenvalue weighted by Gasteiger charge is -2.11. The van der Waals surface area contributed by atoms with E-state index in [1.165, 1.54) is 6.21 Å². The monoisotopic (exact) mass is 438 g/mol. The largest absolute Gasteiger partial charge is 0.495 e. The van der Waals surface area contributed by atoms with E-state index in [0.717, 1.165) is 28.2 Å². The molecule has 1 aromatic heterocycles. The van der Waals surface area contributed by atoms with Gasteiger partial charge in [-0.2, -0.15) is 5.10 Å². The van der Waals surface area contributed by atoms with Gasteiger partial charge >= 0.3 is 11.8 Å². The Bertz CT molecular complexity index is 1150. The van der Waals surface area contributed by atoms with Gasteiger partial charge in [0.25, 0.3) is 0 Å².